The van der Waals surface area contributed by atoms with E-state index in [0.29, 0.717) is 18.3 Å². The molecule has 0 saturated heterocycles. The predicted molar refractivity (Wildman–Crippen MR) is 42.2 cm³/mol. The van der Waals surface area contributed by atoms with Crippen molar-refractivity contribution < 1.29 is 24.2 Å². The molecule has 0 aliphatic carbocycles. The number of aliphatic carboxylic acids is 2. The summed E-state index contributed by atoms with van der Waals surface area (Å²) in [4.78, 5) is 18.2. The minimum atomic E-state index is -1.82. The van der Waals surface area contributed by atoms with E-state index in [2.05, 4.69) is 10.2 Å². The third kappa shape index (κ3) is 4.83. The number of carboxylic acids is 2. The summed E-state index contributed by atoms with van der Waals surface area (Å²) in [6.07, 6.45) is 0. The first-order chi connectivity index (χ1) is 6.47. The van der Waals surface area contributed by atoms with Gasteiger partial charge in [0.25, 0.3) is 0 Å². The van der Waals surface area contributed by atoms with Crippen LogP contribution in [-0.4, -0.2) is 32.3 Å². The molecule has 1 heterocycles. The summed E-state index contributed by atoms with van der Waals surface area (Å²) in [6, 6.07) is 0. The topological polar surface area (TPSA) is 140 Å². The first-order valence-electron chi connectivity index (χ1n) is 3.42. The van der Waals surface area contributed by atoms with Gasteiger partial charge in [-0.05, 0) is 0 Å². The summed E-state index contributed by atoms with van der Waals surface area (Å²) in [5.41, 5.74) is 5.17. The van der Waals surface area contributed by atoms with E-state index in [0.717, 1.165) is 0 Å². The number of hydrogen-bond acceptors (Lipinski definition) is 6. The summed E-state index contributed by atoms with van der Waals surface area (Å²) >= 11 is 0. The Kier molecular flexibility index (Phi) is 4.86. The number of rotatable bonds is 1. The van der Waals surface area contributed by atoms with Gasteiger partial charge in [-0.2, -0.15) is 0 Å². The van der Waals surface area contributed by atoms with Crippen molar-refractivity contribution in [2.45, 2.75) is 13.5 Å². The predicted octanol–water partition coefficient (Wildman–Crippen LogP) is -1.01. The number of nitrogens with zero attached hydrogens (tertiary/aromatic N) is 2. The molecule has 4 N–H and O–H groups in total. The minimum Gasteiger partial charge on any atom is -0.473 e. The van der Waals surface area contributed by atoms with E-state index >= 15 is 0 Å². The average molecular weight is 203 g/mol. The molecule has 0 spiro atoms. The van der Waals surface area contributed by atoms with Crippen LogP contribution in [0.1, 0.15) is 11.8 Å². The molecule has 8 heteroatoms. The number of carbonyl (C=O) groups is 2. The van der Waals surface area contributed by atoms with E-state index in [-0.39, 0.29) is 0 Å². The van der Waals surface area contributed by atoms with Gasteiger partial charge in [-0.25, -0.2) is 9.59 Å². The van der Waals surface area contributed by atoms with Gasteiger partial charge >= 0.3 is 11.9 Å². The highest BCUT2D eigenvalue weighted by Crippen LogP contribution is 1.93. The van der Waals surface area contributed by atoms with Gasteiger partial charge in [-0.3, -0.25) is 0 Å². The number of carboxylic acid groups (broad SMARTS) is 2. The summed E-state index contributed by atoms with van der Waals surface area (Å²) < 4.78 is 4.89. The monoisotopic (exact) mass is 203 g/mol. The molecular formula is C6H9N3O5. The molecule has 0 amide bonds. The lowest BCUT2D eigenvalue weighted by Crippen LogP contribution is -2.09. The molecule has 0 saturated carbocycles. The quantitative estimate of drug-likeness (QED) is 0.493. The molecular weight excluding hydrogens is 194 g/mol. The number of nitrogens with two attached hydrogens (primary N) is 1. The molecule has 0 radical (unpaired) electrons. The van der Waals surface area contributed by atoms with Crippen LogP contribution in [0.3, 0.4) is 0 Å². The van der Waals surface area contributed by atoms with Crippen LogP contribution in [0, 0.1) is 6.92 Å². The van der Waals surface area contributed by atoms with Crippen LogP contribution < -0.4 is 5.73 Å². The molecule has 0 aliphatic rings. The summed E-state index contributed by atoms with van der Waals surface area (Å²) in [6.45, 7) is 2.05. The van der Waals surface area contributed by atoms with Gasteiger partial charge in [-0.15, -0.1) is 10.2 Å². The highest BCUT2D eigenvalue weighted by atomic mass is 16.4. The molecule has 8 nitrogen and oxygen atoms in total. The third-order valence-corrected chi connectivity index (χ3v) is 0.925. The zero-order valence-corrected chi connectivity index (χ0v) is 7.30. The molecule has 1 aromatic rings. The Morgan fingerprint density at radius 1 is 1.36 bits per heavy atom. The molecule has 0 bridgehead atoms. The number of hydrogen-bond donors (Lipinski definition) is 3. The molecule has 0 aromatic carbocycles. The maximum atomic E-state index is 9.10. The van der Waals surface area contributed by atoms with Crippen LogP contribution in [-0.2, 0) is 16.1 Å². The summed E-state index contributed by atoms with van der Waals surface area (Å²) in [7, 11) is 0. The van der Waals surface area contributed by atoms with Crippen molar-refractivity contribution in [1.29, 1.82) is 0 Å². The second-order valence-corrected chi connectivity index (χ2v) is 2.03. The molecule has 0 atom stereocenters. The summed E-state index contributed by atoms with van der Waals surface area (Å²) in [5, 5.41) is 22.0. The Hall–Kier alpha value is -1.96. The zero-order valence-electron chi connectivity index (χ0n) is 7.30. The molecule has 0 fully saturated rings. The minimum absolute atomic E-state index is 0.320. The Balaban J connectivity index is 0.000000255. The summed E-state index contributed by atoms with van der Waals surface area (Å²) in [5.74, 6) is -2.60. The largest absolute Gasteiger partial charge is 0.473 e. The molecule has 0 aliphatic heterocycles. The number of aromatic nitrogens is 2. The fraction of sp³-hybridized carbons (Fsp3) is 0.333. The first-order valence-corrected chi connectivity index (χ1v) is 3.42. The maximum Gasteiger partial charge on any atom is 0.414 e. The van der Waals surface area contributed by atoms with Gasteiger partial charge in [0.05, 0.1) is 6.54 Å². The van der Waals surface area contributed by atoms with Crippen LogP contribution in [0.25, 0.3) is 0 Å². The van der Waals surface area contributed by atoms with E-state index in [4.69, 9.17) is 30.0 Å². The van der Waals surface area contributed by atoms with E-state index in [1.807, 2.05) is 0 Å². The standard InChI is InChI=1S/C4H7N3O.C2H2O4/c1-3-6-7-4(2-5)8-3;3-1(4)2(5)6/h2,5H2,1H3;(H,3,4)(H,5,6). The van der Waals surface area contributed by atoms with Crippen LogP contribution in [0.15, 0.2) is 4.42 Å². The zero-order chi connectivity index (χ0) is 11.1. The Morgan fingerprint density at radius 3 is 2.00 bits per heavy atom. The smallest absolute Gasteiger partial charge is 0.414 e. The van der Waals surface area contributed by atoms with Crippen LogP contribution >= 0.6 is 0 Å². The Bertz CT molecular complexity index is 309. The first kappa shape index (κ1) is 12.0. The second kappa shape index (κ2) is 5.65. The van der Waals surface area contributed by atoms with Gasteiger partial charge in [0.1, 0.15) is 0 Å². The molecule has 1 aromatic heterocycles. The van der Waals surface area contributed by atoms with Crippen molar-refractivity contribution in [2.24, 2.45) is 5.73 Å². The van der Waals surface area contributed by atoms with Crippen molar-refractivity contribution in [2.75, 3.05) is 0 Å². The second-order valence-electron chi connectivity index (χ2n) is 2.03. The van der Waals surface area contributed by atoms with Crippen LogP contribution in [0.4, 0.5) is 0 Å². The average Bonchev–Trinajstić information content (AvgIpc) is 2.52. The number of aryl methyl sites for hydroxylation is 1. The lowest BCUT2D eigenvalue weighted by molar-refractivity contribution is -0.159. The van der Waals surface area contributed by atoms with Crippen molar-refractivity contribution in [3.63, 3.8) is 0 Å². The Labute approximate surface area is 78.4 Å². The third-order valence-electron chi connectivity index (χ3n) is 0.925. The van der Waals surface area contributed by atoms with E-state index < -0.39 is 11.9 Å². The van der Waals surface area contributed by atoms with Crippen molar-refractivity contribution >= 4 is 11.9 Å². The fourth-order valence-corrected chi connectivity index (χ4v) is 0.420. The molecule has 14 heavy (non-hydrogen) atoms. The SMILES string of the molecule is Cc1nnc(CN)o1.O=C(O)C(=O)O. The van der Waals surface area contributed by atoms with Crippen LogP contribution in [0.2, 0.25) is 0 Å². The van der Waals surface area contributed by atoms with Gasteiger partial charge in [0.2, 0.25) is 11.8 Å². The lowest BCUT2D eigenvalue weighted by atomic mass is 10.7. The van der Waals surface area contributed by atoms with E-state index in [1.165, 1.54) is 0 Å². The lowest BCUT2D eigenvalue weighted by Gasteiger charge is -1.78. The Morgan fingerprint density at radius 2 is 1.86 bits per heavy atom. The van der Waals surface area contributed by atoms with Gasteiger partial charge < -0.3 is 20.4 Å². The van der Waals surface area contributed by atoms with Gasteiger partial charge in [-0.1, -0.05) is 0 Å². The van der Waals surface area contributed by atoms with E-state index in [9.17, 15) is 0 Å². The van der Waals surface area contributed by atoms with Gasteiger partial charge in [0, 0.05) is 6.92 Å². The molecule has 78 valence electrons. The van der Waals surface area contributed by atoms with Crippen molar-refractivity contribution in [3.05, 3.63) is 11.8 Å². The van der Waals surface area contributed by atoms with Gasteiger partial charge in [0.15, 0.2) is 0 Å². The van der Waals surface area contributed by atoms with Crippen molar-refractivity contribution in [3.8, 4) is 0 Å². The normalized spacial score (nSPS) is 8.71. The highest BCUT2D eigenvalue weighted by Gasteiger charge is 2.04. The van der Waals surface area contributed by atoms with Crippen LogP contribution in [0.5, 0.6) is 0 Å². The maximum absolute atomic E-state index is 9.10. The van der Waals surface area contributed by atoms with Crippen molar-refractivity contribution in [1.82, 2.24) is 10.2 Å². The molecule has 1 rings (SSSR count). The fourth-order valence-electron chi connectivity index (χ4n) is 0.420. The highest BCUT2D eigenvalue weighted by molar-refractivity contribution is 6.27. The van der Waals surface area contributed by atoms with E-state index in [1.54, 1.807) is 6.92 Å². The molecule has 0 unspecified atom stereocenters.